The molecule has 0 bridgehead atoms. The number of allylic oxidation sites excluding steroid dienone is 16. The van der Waals surface area contributed by atoms with Gasteiger partial charge in [0.25, 0.3) is 0 Å². The lowest BCUT2D eigenvalue weighted by molar-refractivity contribution is -0.166. The van der Waals surface area contributed by atoms with Crippen LogP contribution in [0.25, 0.3) is 0 Å². The maximum Gasteiger partial charge on any atom is 0.306 e. The summed E-state index contributed by atoms with van der Waals surface area (Å²) in [6.07, 6.45) is 66.9. The smallest absolute Gasteiger partial charge is 0.306 e. The molecule has 0 N–H and O–H groups in total. The predicted octanol–water partition coefficient (Wildman–Crippen LogP) is 17.0. The second-order valence-corrected chi connectivity index (χ2v) is 16.7. The zero-order valence-electron chi connectivity index (χ0n) is 40.8. The topological polar surface area (TPSA) is 78.9 Å². The largest absolute Gasteiger partial charge is 0.462 e. The predicted molar refractivity (Wildman–Crippen MR) is 270 cm³/mol. The Kier molecular flexibility index (Phi) is 48.0. The van der Waals surface area contributed by atoms with Crippen molar-refractivity contribution in [2.24, 2.45) is 0 Å². The van der Waals surface area contributed by atoms with Crippen molar-refractivity contribution in [3.63, 3.8) is 0 Å². The van der Waals surface area contributed by atoms with Crippen LogP contribution < -0.4 is 0 Å². The Bertz CT molecular complexity index is 1280. The SMILES string of the molecule is CC/C=C\C/C=C\C/C=C\C/C=C\CCCCCC(=O)OCC(COC(=O)CC/C=C\C/C=C\CCCCCCCC)OC(=O)CCCCC/C=C\C=C/CCCCCCCCC. The lowest BCUT2D eigenvalue weighted by Crippen LogP contribution is -2.30. The first-order valence-corrected chi connectivity index (χ1v) is 25.8. The Hall–Kier alpha value is -3.67. The van der Waals surface area contributed by atoms with Crippen LogP contribution in [0.1, 0.15) is 226 Å². The average Bonchev–Trinajstić information content (AvgIpc) is 3.28. The van der Waals surface area contributed by atoms with Gasteiger partial charge in [-0.3, -0.25) is 14.4 Å². The fourth-order valence-corrected chi connectivity index (χ4v) is 6.71. The number of esters is 3. The van der Waals surface area contributed by atoms with E-state index in [0.717, 1.165) is 89.9 Å². The van der Waals surface area contributed by atoms with E-state index in [0.29, 0.717) is 19.3 Å². The minimum atomic E-state index is -0.827. The van der Waals surface area contributed by atoms with E-state index in [2.05, 4.69) is 112 Å². The maximum atomic E-state index is 12.8. The van der Waals surface area contributed by atoms with E-state index in [-0.39, 0.29) is 44.0 Å². The monoisotopic (exact) mass is 875 g/mol. The van der Waals surface area contributed by atoms with Gasteiger partial charge in [-0.15, -0.1) is 0 Å². The third-order valence-corrected chi connectivity index (χ3v) is 10.6. The fraction of sp³-hybridized carbons (Fsp3) is 0.667. The van der Waals surface area contributed by atoms with Gasteiger partial charge < -0.3 is 14.2 Å². The highest BCUT2D eigenvalue weighted by molar-refractivity contribution is 5.71. The van der Waals surface area contributed by atoms with Gasteiger partial charge in [-0.25, -0.2) is 0 Å². The summed E-state index contributed by atoms with van der Waals surface area (Å²) in [6.45, 7) is 6.40. The summed E-state index contributed by atoms with van der Waals surface area (Å²) < 4.78 is 16.7. The molecule has 0 radical (unpaired) electrons. The van der Waals surface area contributed by atoms with Gasteiger partial charge in [-0.05, 0) is 103 Å². The number of hydrogen-bond donors (Lipinski definition) is 0. The Morgan fingerprint density at radius 1 is 0.349 bits per heavy atom. The molecule has 1 atom stereocenters. The Morgan fingerprint density at radius 3 is 1.16 bits per heavy atom. The van der Waals surface area contributed by atoms with Crippen LogP contribution in [0.3, 0.4) is 0 Å². The van der Waals surface area contributed by atoms with E-state index >= 15 is 0 Å². The second kappa shape index (κ2) is 51.0. The molecule has 6 nitrogen and oxygen atoms in total. The quantitative estimate of drug-likeness (QED) is 0.0199. The van der Waals surface area contributed by atoms with E-state index in [1.807, 2.05) is 6.08 Å². The van der Waals surface area contributed by atoms with E-state index in [1.54, 1.807) is 0 Å². The first-order chi connectivity index (χ1) is 31.0. The minimum Gasteiger partial charge on any atom is -0.462 e. The molecular formula is C57H94O6. The molecule has 0 aromatic carbocycles. The summed E-state index contributed by atoms with van der Waals surface area (Å²) in [4.78, 5) is 37.9. The van der Waals surface area contributed by atoms with Crippen LogP contribution in [-0.2, 0) is 28.6 Å². The molecule has 0 aliphatic rings. The molecule has 0 amide bonds. The molecule has 0 heterocycles. The van der Waals surface area contributed by atoms with Crippen molar-refractivity contribution in [2.75, 3.05) is 13.2 Å². The summed E-state index contributed by atoms with van der Waals surface area (Å²) in [5.41, 5.74) is 0. The standard InChI is InChI=1S/C57H94O6/c1-4-7-10-13-16-19-22-25-27-29-32-35-38-41-44-47-50-56(59)62-53-54(52-61-55(58)49-46-43-40-37-34-31-24-21-18-15-12-9-6-3)63-57(60)51-48-45-42-39-36-33-30-28-26-23-20-17-14-11-8-5-2/h7,10,16,19,25,27-28,30-36,40,43,54H,4-6,8-9,11-15,17-18,20-24,26,29,37-39,41-42,44-53H2,1-3H3/b10-7-,19-16-,27-25-,30-28-,34-31-,35-32-,36-33-,43-40-. The molecule has 1 unspecified atom stereocenters. The van der Waals surface area contributed by atoms with Crippen molar-refractivity contribution in [3.05, 3.63) is 97.2 Å². The number of ether oxygens (including phenoxy) is 3. The first kappa shape index (κ1) is 59.3. The Balaban J connectivity index is 4.56. The molecule has 0 spiro atoms. The highest BCUT2D eigenvalue weighted by atomic mass is 16.6. The summed E-state index contributed by atoms with van der Waals surface area (Å²) in [5.74, 6) is -1.05. The lowest BCUT2D eigenvalue weighted by atomic mass is 10.1. The van der Waals surface area contributed by atoms with Gasteiger partial charge in [-0.1, -0.05) is 201 Å². The normalized spacial score (nSPS) is 12.9. The van der Waals surface area contributed by atoms with E-state index in [4.69, 9.17) is 14.2 Å². The van der Waals surface area contributed by atoms with Gasteiger partial charge in [0, 0.05) is 19.3 Å². The van der Waals surface area contributed by atoms with Crippen LogP contribution >= 0.6 is 0 Å². The molecule has 0 aromatic heterocycles. The molecule has 63 heavy (non-hydrogen) atoms. The van der Waals surface area contributed by atoms with Gasteiger partial charge in [0.1, 0.15) is 13.2 Å². The number of unbranched alkanes of at least 4 members (excludes halogenated alkanes) is 19. The molecule has 0 fully saturated rings. The van der Waals surface area contributed by atoms with Crippen LogP contribution in [0.2, 0.25) is 0 Å². The van der Waals surface area contributed by atoms with E-state index in [9.17, 15) is 14.4 Å². The Morgan fingerprint density at radius 2 is 0.698 bits per heavy atom. The molecule has 0 aromatic rings. The molecule has 0 aliphatic heterocycles. The summed E-state index contributed by atoms with van der Waals surface area (Å²) in [6, 6.07) is 0. The summed E-state index contributed by atoms with van der Waals surface area (Å²) >= 11 is 0. The first-order valence-electron chi connectivity index (χ1n) is 25.8. The third kappa shape index (κ3) is 49.2. The van der Waals surface area contributed by atoms with Gasteiger partial charge in [0.05, 0.1) is 0 Å². The zero-order chi connectivity index (χ0) is 45.8. The molecule has 6 heteroatoms. The maximum absolute atomic E-state index is 12.8. The highest BCUT2D eigenvalue weighted by Gasteiger charge is 2.19. The number of hydrogen-bond acceptors (Lipinski definition) is 6. The van der Waals surface area contributed by atoms with Gasteiger partial charge in [-0.2, -0.15) is 0 Å². The number of rotatable bonds is 45. The van der Waals surface area contributed by atoms with Crippen LogP contribution in [-0.4, -0.2) is 37.2 Å². The van der Waals surface area contributed by atoms with Crippen LogP contribution in [0.4, 0.5) is 0 Å². The van der Waals surface area contributed by atoms with Crippen LogP contribution in [0.5, 0.6) is 0 Å². The van der Waals surface area contributed by atoms with Gasteiger partial charge in [0.15, 0.2) is 6.10 Å². The van der Waals surface area contributed by atoms with Crippen molar-refractivity contribution < 1.29 is 28.6 Å². The molecule has 0 aliphatic carbocycles. The molecule has 0 rings (SSSR count). The number of carbonyl (C=O) groups is 3. The van der Waals surface area contributed by atoms with Crippen LogP contribution in [0.15, 0.2) is 97.2 Å². The van der Waals surface area contributed by atoms with Gasteiger partial charge in [0.2, 0.25) is 0 Å². The van der Waals surface area contributed by atoms with Crippen molar-refractivity contribution in [1.82, 2.24) is 0 Å². The molecular weight excluding hydrogens is 781 g/mol. The number of carbonyl (C=O) groups excluding carboxylic acids is 3. The van der Waals surface area contributed by atoms with E-state index in [1.165, 1.54) is 83.5 Å². The van der Waals surface area contributed by atoms with Crippen molar-refractivity contribution in [3.8, 4) is 0 Å². The van der Waals surface area contributed by atoms with Crippen LogP contribution in [0, 0.1) is 0 Å². The summed E-state index contributed by atoms with van der Waals surface area (Å²) in [7, 11) is 0. The Labute approximate surface area is 387 Å². The average molecular weight is 875 g/mol. The molecule has 0 saturated carbocycles. The lowest BCUT2D eigenvalue weighted by Gasteiger charge is -2.18. The van der Waals surface area contributed by atoms with Gasteiger partial charge >= 0.3 is 17.9 Å². The minimum absolute atomic E-state index is 0.123. The summed E-state index contributed by atoms with van der Waals surface area (Å²) in [5, 5.41) is 0. The van der Waals surface area contributed by atoms with Crippen molar-refractivity contribution in [1.29, 1.82) is 0 Å². The molecule has 0 saturated heterocycles. The molecule has 358 valence electrons. The highest BCUT2D eigenvalue weighted by Crippen LogP contribution is 2.12. The third-order valence-electron chi connectivity index (χ3n) is 10.6. The van der Waals surface area contributed by atoms with Crippen molar-refractivity contribution in [2.45, 2.75) is 232 Å². The van der Waals surface area contributed by atoms with Crippen molar-refractivity contribution >= 4 is 17.9 Å². The second-order valence-electron chi connectivity index (χ2n) is 16.7. The fourth-order valence-electron chi connectivity index (χ4n) is 6.71. The van der Waals surface area contributed by atoms with E-state index < -0.39 is 6.10 Å². The zero-order valence-corrected chi connectivity index (χ0v) is 40.8.